The van der Waals surface area contributed by atoms with Crippen molar-refractivity contribution in [3.63, 3.8) is 0 Å². The van der Waals surface area contributed by atoms with E-state index in [0.29, 0.717) is 17.7 Å². The Morgan fingerprint density at radius 2 is 1.86 bits per heavy atom. The van der Waals surface area contributed by atoms with E-state index in [1.807, 2.05) is 38.1 Å². The highest BCUT2D eigenvalue weighted by Crippen LogP contribution is 2.46. The zero-order valence-electron chi connectivity index (χ0n) is 17.5. The number of aryl methyl sites for hydroxylation is 1. The van der Waals surface area contributed by atoms with Crippen molar-refractivity contribution in [3.8, 4) is 0 Å². The van der Waals surface area contributed by atoms with Gasteiger partial charge in [0.05, 0.1) is 25.2 Å². The predicted molar refractivity (Wildman–Crippen MR) is 108 cm³/mol. The number of hydrogen-bond donors (Lipinski definition) is 0. The Bertz CT molecular complexity index is 914. The molecular formula is C23H27NO5. The first-order valence-corrected chi connectivity index (χ1v) is 9.94. The normalized spacial score (nSPS) is 26.5. The van der Waals surface area contributed by atoms with Crippen LogP contribution in [0.5, 0.6) is 0 Å². The van der Waals surface area contributed by atoms with Crippen molar-refractivity contribution >= 4 is 23.4 Å². The van der Waals surface area contributed by atoms with Crippen molar-refractivity contribution in [1.82, 2.24) is 0 Å². The zero-order valence-corrected chi connectivity index (χ0v) is 17.5. The second-order valence-corrected chi connectivity index (χ2v) is 7.72. The van der Waals surface area contributed by atoms with Crippen LogP contribution in [0, 0.1) is 24.7 Å². The molecule has 1 heterocycles. The number of Topliss-reactive ketones (excluding diaryl/α,β-unsaturated/α-hetero) is 1. The number of allylic oxidation sites excluding steroid dienone is 1. The number of esters is 2. The highest BCUT2D eigenvalue weighted by atomic mass is 16.5. The minimum Gasteiger partial charge on any atom is -0.468 e. The van der Waals surface area contributed by atoms with Crippen LogP contribution in [0.2, 0.25) is 0 Å². The number of aliphatic imine (C=N–C) groups is 1. The second-order valence-electron chi connectivity index (χ2n) is 7.72. The van der Waals surface area contributed by atoms with Gasteiger partial charge in [0.2, 0.25) is 0 Å². The third kappa shape index (κ3) is 3.63. The molecular weight excluding hydrogens is 370 g/mol. The summed E-state index contributed by atoms with van der Waals surface area (Å²) in [7, 11) is 1.29. The van der Waals surface area contributed by atoms with Gasteiger partial charge in [-0.05, 0) is 44.2 Å². The fraction of sp³-hybridized carbons (Fsp3) is 0.478. The molecule has 154 valence electrons. The molecule has 6 heteroatoms. The van der Waals surface area contributed by atoms with Gasteiger partial charge >= 0.3 is 11.9 Å². The molecule has 1 aromatic rings. The Morgan fingerprint density at radius 1 is 1.17 bits per heavy atom. The number of ketones is 1. The summed E-state index contributed by atoms with van der Waals surface area (Å²) in [5, 5.41) is 0. The van der Waals surface area contributed by atoms with Crippen molar-refractivity contribution in [2.75, 3.05) is 13.7 Å². The molecule has 1 fully saturated rings. The summed E-state index contributed by atoms with van der Waals surface area (Å²) >= 11 is 0. The zero-order chi connectivity index (χ0) is 21.3. The molecule has 0 amide bonds. The summed E-state index contributed by atoms with van der Waals surface area (Å²) in [6.45, 7) is 7.57. The largest absolute Gasteiger partial charge is 0.468 e. The lowest BCUT2D eigenvalue weighted by Gasteiger charge is -2.40. The smallest absolute Gasteiger partial charge is 0.336 e. The maximum Gasteiger partial charge on any atom is 0.336 e. The number of benzene rings is 1. The predicted octanol–water partition coefficient (Wildman–Crippen LogP) is 3.38. The molecule has 1 aromatic carbocycles. The number of carbonyl (C=O) groups is 3. The molecule has 0 aromatic heterocycles. The molecule has 1 aliphatic heterocycles. The minimum absolute atomic E-state index is 0.209. The molecule has 0 unspecified atom stereocenters. The molecule has 0 bridgehead atoms. The first kappa shape index (κ1) is 21.0. The molecule has 0 N–H and O–H groups in total. The number of hydrogen-bond acceptors (Lipinski definition) is 6. The van der Waals surface area contributed by atoms with Gasteiger partial charge in [-0.3, -0.25) is 14.6 Å². The Labute approximate surface area is 171 Å². The maximum absolute atomic E-state index is 13.5. The Hall–Kier alpha value is -2.76. The summed E-state index contributed by atoms with van der Waals surface area (Å²) < 4.78 is 10.2. The molecule has 1 aliphatic carbocycles. The van der Waals surface area contributed by atoms with E-state index in [0.717, 1.165) is 16.8 Å². The van der Waals surface area contributed by atoms with Gasteiger partial charge in [-0.15, -0.1) is 0 Å². The standard InChI is InChI=1S/C23H27NO5/c1-6-29-23(27)18-14(4)24-16-11-13(3)17(22(26)28-5)21(25)20(16)19(18)15-10-8-7-9-12(15)2/h7-10,13,17,19-20H,6,11H2,1-5H3/t13-,17+,19+,20+/m1/s1. The lowest BCUT2D eigenvalue weighted by Crippen LogP contribution is -2.48. The van der Waals surface area contributed by atoms with E-state index in [2.05, 4.69) is 4.99 Å². The number of ether oxygens (including phenoxy) is 2. The van der Waals surface area contributed by atoms with Crippen molar-refractivity contribution in [2.45, 2.75) is 40.0 Å². The average Bonchev–Trinajstić information content (AvgIpc) is 2.67. The summed E-state index contributed by atoms with van der Waals surface area (Å²) in [4.78, 5) is 43.4. The molecule has 6 nitrogen and oxygen atoms in total. The molecule has 4 atom stereocenters. The van der Waals surface area contributed by atoms with E-state index in [-0.39, 0.29) is 18.3 Å². The van der Waals surface area contributed by atoms with Crippen molar-refractivity contribution in [1.29, 1.82) is 0 Å². The SMILES string of the molecule is CCOC(=O)C1=C(C)N=C2C[C@@H](C)[C@H](C(=O)OC)C(=O)[C@@H]2[C@H]1c1ccccc1C. The Kier molecular flexibility index (Phi) is 6.01. The van der Waals surface area contributed by atoms with Crippen LogP contribution in [-0.2, 0) is 23.9 Å². The van der Waals surface area contributed by atoms with Crippen LogP contribution in [0.1, 0.15) is 44.2 Å². The first-order valence-electron chi connectivity index (χ1n) is 9.94. The number of fused-ring (bicyclic) bond motifs is 1. The van der Waals surface area contributed by atoms with E-state index in [9.17, 15) is 14.4 Å². The average molecular weight is 397 g/mol. The molecule has 1 saturated carbocycles. The second kappa shape index (κ2) is 8.31. The van der Waals surface area contributed by atoms with Gasteiger partial charge in [0.25, 0.3) is 0 Å². The molecule has 0 radical (unpaired) electrons. The lowest BCUT2D eigenvalue weighted by atomic mass is 9.63. The highest BCUT2D eigenvalue weighted by molar-refractivity contribution is 6.17. The summed E-state index contributed by atoms with van der Waals surface area (Å²) in [5.74, 6) is -3.53. The van der Waals surface area contributed by atoms with Crippen LogP contribution in [0.25, 0.3) is 0 Å². The van der Waals surface area contributed by atoms with Crippen LogP contribution in [-0.4, -0.2) is 37.2 Å². The van der Waals surface area contributed by atoms with Crippen molar-refractivity contribution < 1.29 is 23.9 Å². The van der Waals surface area contributed by atoms with Crippen LogP contribution in [0.3, 0.4) is 0 Å². The summed E-state index contributed by atoms with van der Waals surface area (Å²) in [6, 6.07) is 7.68. The van der Waals surface area contributed by atoms with Crippen LogP contribution >= 0.6 is 0 Å². The first-order chi connectivity index (χ1) is 13.8. The van der Waals surface area contributed by atoms with Gasteiger partial charge in [-0.1, -0.05) is 31.2 Å². The third-order valence-corrected chi connectivity index (χ3v) is 5.89. The summed E-state index contributed by atoms with van der Waals surface area (Å²) in [5.41, 5.74) is 3.52. The number of carbonyl (C=O) groups excluding carboxylic acids is 3. The van der Waals surface area contributed by atoms with E-state index >= 15 is 0 Å². The van der Waals surface area contributed by atoms with E-state index < -0.39 is 29.7 Å². The highest BCUT2D eigenvalue weighted by Gasteiger charge is 2.51. The molecule has 0 saturated heterocycles. The minimum atomic E-state index is -0.864. The van der Waals surface area contributed by atoms with Gasteiger partial charge in [0, 0.05) is 17.3 Å². The van der Waals surface area contributed by atoms with Crippen molar-refractivity contribution in [3.05, 3.63) is 46.7 Å². The number of rotatable bonds is 4. The van der Waals surface area contributed by atoms with Crippen molar-refractivity contribution in [2.24, 2.45) is 22.7 Å². The molecule has 2 aliphatic rings. The van der Waals surface area contributed by atoms with Gasteiger partial charge in [0.1, 0.15) is 5.92 Å². The van der Waals surface area contributed by atoms with E-state index in [1.165, 1.54) is 7.11 Å². The van der Waals surface area contributed by atoms with Crippen LogP contribution in [0.15, 0.2) is 40.5 Å². The number of methoxy groups -OCH3 is 1. The van der Waals surface area contributed by atoms with Gasteiger partial charge < -0.3 is 9.47 Å². The van der Waals surface area contributed by atoms with E-state index in [4.69, 9.17) is 9.47 Å². The van der Waals surface area contributed by atoms with Crippen LogP contribution in [0.4, 0.5) is 0 Å². The quantitative estimate of drug-likeness (QED) is 0.575. The topological polar surface area (TPSA) is 82.0 Å². The summed E-state index contributed by atoms with van der Waals surface area (Å²) in [6.07, 6.45) is 0.506. The fourth-order valence-electron chi connectivity index (χ4n) is 4.58. The fourth-order valence-corrected chi connectivity index (χ4v) is 4.58. The molecule has 3 rings (SSSR count). The Morgan fingerprint density at radius 3 is 2.48 bits per heavy atom. The monoisotopic (exact) mass is 397 g/mol. The molecule has 29 heavy (non-hydrogen) atoms. The number of nitrogens with zero attached hydrogens (tertiary/aromatic N) is 1. The van der Waals surface area contributed by atoms with Gasteiger partial charge in [-0.25, -0.2) is 4.79 Å². The molecule has 0 spiro atoms. The lowest BCUT2D eigenvalue weighted by molar-refractivity contribution is -0.152. The van der Waals surface area contributed by atoms with Gasteiger partial charge in [0.15, 0.2) is 5.78 Å². The van der Waals surface area contributed by atoms with E-state index in [1.54, 1.807) is 13.8 Å². The maximum atomic E-state index is 13.5. The Balaban J connectivity index is 2.20. The van der Waals surface area contributed by atoms with Gasteiger partial charge in [-0.2, -0.15) is 0 Å². The third-order valence-electron chi connectivity index (χ3n) is 5.89. The van der Waals surface area contributed by atoms with Crippen LogP contribution < -0.4 is 0 Å².